The lowest BCUT2D eigenvalue weighted by atomic mass is 10.2. The van der Waals surface area contributed by atoms with Gasteiger partial charge >= 0.3 is 6.09 Å². The smallest absolute Gasteiger partial charge is 0.410 e. The van der Waals surface area contributed by atoms with Crippen LogP contribution in [0.25, 0.3) is 0 Å². The molecule has 0 saturated carbocycles. The van der Waals surface area contributed by atoms with Gasteiger partial charge in [-0.1, -0.05) is 12.1 Å². The molecule has 0 aliphatic rings. The molecule has 1 aromatic carbocycles. The first-order valence-electron chi connectivity index (χ1n) is 13.7. The van der Waals surface area contributed by atoms with Crippen LogP contribution in [0.5, 0.6) is 5.75 Å². The Morgan fingerprint density at radius 1 is 0.650 bits per heavy atom. The third-order valence-corrected chi connectivity index (χ3v) is 4.91. The molecule has 0 aliphatic heterocycles. The number of benzene rings is 1. The topological polar surface area (TPSA) is 129 Å². The zero-order valence-electron chi connectivity index (χ0n) is 24.7. The second-order valence-corrected chi connectivity index (χ2v) is 9.57. The van der Waals surface area contributed by atoms with E-state index in [-0.39, 0.29) is 6.09 Å². The number of nitrogen functional groups attached to an aromatic ring is 1. The van der Waals surface area contributed by atoms with E-state index in [1.54, 1.807) is 13.1 Å². The summed E-state index contributed by atoms with van der Waals surface area (Å²) in [6.45, 7) is 13.1. The predicted octanol–water partition coefficient (Wildman–Crippen LogP) is 2.63. The standard InChI is InChI=1S/C28H50N2O10/c1-28(2,3)40-27(31)30(4)9-10-32-11-12-33-13-14-34-15-16-35-17-18-36-19-20-37-21-22-38-23-24-39-26-8-6-5-7-25(26)29/h5-8H,9-24,29H2,1-4H3. The van der Waals surface area contributed by atoms with Crippen LogP contribution < -0.4 is 10.5 Å². The molecule has 0 heterocycles. The summed E-state index contributed by atoms with van der Waals surface area (Å²) in [6, 6.07) is 7.37. The average molecular weight is 575 g/mol. The number of rotatable bonds is 25. The van der Waals surface area contributed by atoms with E-state index in [1.165, 1.54) is 4.90 Å². The Balaban J connectivity index is 1.72. The fraction of sp³-hybridized carbons (Fsp3) is 0.750. The van der Waals surface area contributed by atoms with Crippen LogP contribution in [-0.4, -0.2) is 129 Å². The van der Waals surface area contributed by atoms with Crippen LogP contribution in [-0.2, 0) is 37.9 Å². The second kappa shape index (κ2) is 23.5. The Kier molecular flexibility index (Phi) is 21.1. The zero-order chi connectivity index (χ0) is 29.3. The summed E-state index contributed by atoms with van der Waals surface area (Å²) in [5.41, 5.74) is 5.92. The van der Waals surface area contributed by atoms with Crippen molar-refractivity contribution >= 4 is 11.8 Å². The highest BCUT2D eigenvalue weighted by Gasteiger charge is 2.19. The Bertz CT molecular complexity index is 748. The van der Waals surface area contributed by atoms with Gasteiger partial charge in [-0.25, -0.2) is 4.79 Å². The number of ether oxygens (including phenoxy) is 9. The molecule has 0 aromatic heterocycles. The van der Waals surface area contributed by atoms with E-state index >= 15 is 0 Å². The minimum atomic E-state index is -0.507. The van der Waals surface area contributed by atoms with Crippen molar-refractivity contribution in [1.82, 2.24) is 4.90 Å². The van der Waals surface area contributed by atoms with Crippen LogP contribution in [0.2, 0.25) is 0 Å². The van der Waals surface area contributed by atoms with Crippen molar-refractivity contribution in [1.29, 1.82) is 0 Å². The molecule has 0 radical (unpaired) electrons. The number of nitrogens with two attached hydrogens (primary N) is 1. The van der Waals surface area contributed by atoms with E-state index in [2.05, 4.69) is 0 Å². The lowest BCUT2D eigenvalue weighted by Crippen LogP contribution is -2.36. The fourth-order valence-electron chi connectivity index (χ4n) is 2.88. The molecule has 40 heavy (non-hydrogen) atoms. The van der Waals surface area contributed by atoms with Gasteiger partial charge in [-0.2, -0.15) is 0 Å². The van der Waals surface area contributed by atoms with Gasteiger partial charge in [0.15, 0.2) is 0 Å². The number of anilines is 1. The minimum Gasteiger partial charge on any atom is -0.489 e. The van der Waals surface area contributed by atoms with E-state index < -0.39 is 5.60 Å². The third kappa shape index (κ3) is 21.6. The number of carbonyl (C=O) groups excluding carboxylic acids is 1. The van der Waals surface area contributed by atoms with Crippen molar-refractivity contribution in [2.24, 2.45) is 0 Å². The Morgan fingerprint density at radius 3 is 1.43 bits per heavy atom. The van der Waals surface area contributed by atoms with Crippen molar-refractivity contribution in [3.63, 3.8) is 0 Å². The maximum Gasteiger partial charge on any atom is 0.410 e. The third-order valence-electron chi connectivity index (χ3n) is 4.91. The lowest BCUT2D eigenvalue weighted by molar-refractivity contribution is -0.0219. The van der Waals surface area contributed by atoms with Crippen molar-refractivity contribution in [3.05, 3.63) is 24.3 Å². The molecule has 0 aliphatic carbocycles. The summed E-state index contributed by atoms with van der Waals surface area (Å²) in [7, 11) is 1.68. The summed E-state index contributed by atoms with van der Waals surface area (Å²) in [5, 5.41) is 0. The predicted molar refractivity (Wildman–Crippen MR) is 151 cm³/mol. The number of hydrogen-bond donors (Lipinski definition) is 1. The highest BCUT2D eigenvalue weighted by Crippen LogP contribution is 2.19. The Morgan fingerprint density at radius 2 is 1.02 bits per heavy atom. The number of hydrogen-bond acceptors (Lipinski definition) is 11. The van der Waals surface area contributed by atoms with Crippen LogP contribution in [0.4, 0.5) is 10.5 Å². The van der Waals surface area contributed by atoms with Gasteiger partial charge < -0.3 is 53.3 Å². The second-order valence-electron chi connectivity index (χ2n) is 9.57. The van der Waals surface area contributed by atoms with Crippen LogP contribution in [0, 0.1) is 0 Å². The number of para-hydroxylation sites is 2. The number of nitrogens with zero attached hydrogens (tertiary/aromatic N) is 1. The van der Waals surface area contributed by atoms with Crippen molar-refractivity contribution in [2.75, 3.05) is 118 Å². The van der Waals surface area contributed by atoms with Gasteiger partial charge in [-0.05, 0) is 32.9 Å². The van der Waals surface area contributed by atoms with Gasteiger partial charge in [-0.15, -0.1) is 0 Å². The lowest BCUT2D eigenvalue weighted by Gasteiger charge is -2.24. The van der Waals surface area contributed by atoms with Crippen molar-refractivity contribution < 1.29 is 47.4 Å². The number of likely N-dealkylation sites (N-methyl/N-ethyl adjacent to an activating group) is 1. The highest BCUT2D eigenvalue weighted by molar-refractivity contribution is 5.67. The van der Waals surface area contributed by atoms with Crippen LogP contribution in [0.1, 0.15) is 20.8 Å². The molecule has 232 valence electrons. The molecule has 0 atom stereocenters. The molecule has 0 fully saturated rings. The maximum absolute atomic E-state index is 11.8. The Hall–Kier alpha value is -2.19. The molecular formula is C28H50N2O10. The molecule has 12 heteroatoms. The van der Waals surface area contributed by atoms with Crippen LogP contribution >= 0.6 is 0 Å². The van der Waals surface area contributed by atoms with Gasteiger partial charge in [-0.3, -0.25) is 0 Å². The first-order valence-corrected chi connectivity index (χ1v) is 13.7. The van der Waals surface area contributed by atoms with E-state index in [0.717, 1.165) is 0 Å². The molecule has 0 spiro atoms. The summed E-state index contributed by atoms with van der Waals surface area (Å²) in [5.74, 6) is 0.666. The van der Waals surface area contributed by atoms with E-state index in [1.807, 2.05) is 39.0 Å². The van der Waals surface area contributed by atoms with Gasteiger partial charge in [0.25, 0.3) is 0 Å². The van der Waals surface area contributed by atoms with Crippen LogP contribution in [0.15, 0.2) is 24.3 Å². The fourth-order valence-corrected chi connectivity index (χ4v) is 2.88. The number of amides is 1. The zero-order valence-corrected chi connectivity index (χ0v) is 24.7. The van der Waals surface area contributed by atoms with Crippen molar-refractivity contribution in [3.8, 4) is 5.75 Å². The van der Waals surface area contributed by atoms with Gasteiger partial charge in [0.2, 0.25) is 0 Å². The Labute approximate surface area is 239 Å². The normalized spacial score (nSPS) is 11.5. The van der Waals surface area contributed by atoms with E-state index in [0.29, 0.717) is 117 Å². The molecule has 0 unspecified atom stereocenters. The van der Waals surface area contributed by atoms with E-state index in [4.69, 9.17) is 48.4 Å². The van der Waals surface area contributed by atoms with Crippen molar-refractivity contribution in [2.45, 2.75) is 26.4 Å². The van der Waals surface area contributed by atoms with Gasteiger partial charge in [0.1, 0.15) is 18.0 Å². The van der Waals surface area contributed by atoms with Gasteiger partial charge in [0.05, 0.1) is 98.2 Å². The summed E-state index contributed by atoms with van der Waals surface area (Å²) in [6.07, 6.45) is -0.363. The van der Waals surface area contributed by atoms with Gasteiger partial charge in [0, 0.05) is 13.6 Å². The highest BCUT2D eigenvalue weighted by atomic mass is 16.6. The molecule has 12 nitrogen and oxygen atoms in total. The first-order chi connectivity index (χ1) is 19.3. The number of carbonyl (C=O) groups is 1. The average Bonchev–Trinajstić information content (AvgIpc) is 2.91. The molecule has 2 N–H and O–H groups in total. The van der Waals surface area contributed by atoms with Crippen LogP contribution in [0.3, 0.4) is 0 Å². The molecule has 1 rings (SSSR count). The molecule has 0 bridgehead atoms. The summed E-state index contributed by atoms with van der Waals surface area (Å²) in [4.78, 5) is 13.3. The molecular weight excluding hydrogens is 524 g/mol. The summed E-state index contributed by atoms with van der Waals surface area (Å²) >= 11 is 0. The molecule has 0 saturated heterocycles. The maximum atomic E-state index is 11.8. The SMILES string of the molecule is CN(CCOCCOCCOCCOCCOCCOCCOCCOc1ccccc1N)C(=O)OC(C)(C)C. The minimum absolute atomic E-state index is 0.363. The summed E-state index contributed by atoms with van der Waals surface area (Å²) < 4.78 is 49.1. The monoisotopic (exact) mass is 574 g/mol. The molecule has 1 aromatic rings. The largest absolute Gasteiger partial charge is 0.489 e. The quantitative estimate of drug-likeness (QED) is 0.137. The first kappa shape index (κ1) is 35.8. The molecule has 1 amide bonds. The van der Waals surface area contributed by atoms with E-state index in [9.17, 15) is 4.79 Å².